The third-order valence-corrected chi connectivity index (χ3v) is 3.97. The molecule has 2 aromatic carbocycles. The number of ether oxygens (including phenoxy) is 2. The molecule has 0 saturated heterocycles. The van der Waals surface area contributed by atoms with Gasteiger partial charge in [0.05, 0.1) is 13.2 Å². The van der Waals surface area contributed by atoms with Crippen LogP contribution in [0.1, 0.15) is 44.9 Å². The van der Waals surface area contributed by atoms with E-state index in [1.807, 2.05) is 0 Å². The van der Waals surface area contributed by atoms with E-state index in [-0.39, 0.29) is 70.6 Å². The van der Waals surface area contributed by atoms with Gasteiger partial charge >= 0.3 is 59.1 Å². The number of hydrogen-bond donors (Lipinski definition) is 0. The first-order valence-corrected chi connectivity index (χ1v) is 9.04. The molecule has 0 aliphatic carbocycles. The van der Waals surface area contributed by atoms with Crippen LogP contribution >= 0.6 is 0 Å². The largest absolute Gasteiger partial charge is 1.00 e. The minimum absolute atomic E-state index is 0. The van der Waals surface area contributed by atoms with Crippen LogP contribution in [0.3, 0.4) is 0 Å². The maximum Gasteiger partial charge on any atom is 1.00 e. The summed E-state index contributed by atoms with van der Waals surface area (Å²) < 4.78 is 11.2. The molecule has 0 fully saturated rings. The van der Waals surface area contributed by atoms with Crippen molar-refractivity contribution in [2.45, 2.75) is 44.9 Å². The molecule has 4 nitrogen and oxygen atoms in total. The van der Waals surface area contributed by atoms with E-state index in [0.717, 1.165) is 37.2 Å². The minimum Gasteiger partial charge on any atom is -0.872 e. The van der Waals surface area contributed by atoms with E-state index in [0.29, 0.717) is 13.2 Å². The minimum atomic E-state index is 0. The van der Waals surface area contributed by atoms with Crippen LogP contribution in [0.15, 0.2) is 48.5 Å². The Morgan fingerprint density at radius 2 is 0.778 bits per heavy atom. The Morgan fingerprint density at radius 1 is 0.481 bits per heavy atom. The molecule has 0 unspecified atom stereocenters. The summed E-state index contributed by atoms with van der Waals surface area (Å²) in [6.07, 6.45) is 8.07. The topological polar surface area (TPSA) is 64.6 Å². The zero-order valence-corrected chi connectivity index (χ0v) is 20.6. The van der Waals surface area contributed by atoms with Gasteiger partial charge in [0.15, 0.2) is 0 Å². The molecule has 0 saturated carbocycles. The van der Waals surface area contributed by atoms with E-state index in [9.17, 15) is 10.2 Å². The molecule has 0 N–H and O–H groups in total. The van der Waals surface area contributed by atoms with Crippen LogP contribution in [0, 0.1) is 0 Å². The third kappa shape index (κ3) is 12.7. The molecule has 0 bridgehead atoms. The van der Waals surface area contributed by atoms with Crippen molar-refractivity contribution in [2.24, 2.45) is 0 Å². The fourth-order valence-electron chi connectivity index (χ4n) is 2.54. The van der Waals surface area contributed by atoms with E-state index in [1.165, 1.54) is 43.5 Å². The summed E-state index contributed by atoms with van der Waals surface area (Å²) >= 11 is 0. The molecule has 0 radical (unpaired) electrons. The van der Waals surface area contributed by atoms with Gasteiger partial charge in [-0.1, -0.05) is 56.4 Å². The van der Waals surface area contributed by atoms with Gasteiger partial charge in [-0.3, -0.25) is 0 Å². The average molecular weight is 388 g/mol. The Labute approximate surface area is 206 Å². The van der Waals surface area contributed by atoms with Gasteiger partial charge in [0.2, 0.25) is 0 Å². The summed E-state index contributed by atoms with van der Waals surface area (Å²) in [7, 11) is 0. The maximum atomic E-state index is 11.0. The van der Waals surface area contributed by atoms with Gasteiger partial charge in [0.1, 0.15) is 11.5 Å². The van der Waals surface area contributed by atoms with Gasteiger partial charge in [-0.15, -0.1) is 11.5 Å². The number of rotatable bonds is 12. The van der Waals surface area contributed by atoms with Crippen molar-refractivity contribution < 1.29 is 78.8 Å². The summed E-state index contributed by atoms with van der Waals surface area (Å²) in [5.41, 5.74) is 0. The molecular weight excluding hydrogens is 362 g/mol. The number of unbranched alkanes of at least 4 members (excludes halogenated alkanes) is 6. The molecule has 2 rings (SSSR count). The zero-order chi connectivity index (χ0) is 17.7. The maximum absolute atomic E-state index is 11.0. The van der Waals surface area contributed by atoms with Crippen LogP contribution in [0.4, 0.5) is 0 Å². The van der Waals surface area contributed by atoms with Crippen LogP contribution in [0.2, 0.25) is 0 Å². The average Bonchev–Trinajstić information content (AvgIpc) is 2.63. The Hall–Kier alpha value is -0.360. The van der Waals surface area contributed by atoms with Crippen molar-refractivity contribution in [2.75, 3.05) is 13.2 Å². The van der Waals surface area contributed by atoms with E-state index < -0.39 is 0 Å². The van der Waals surface area contributed by atoms with Crippen molar-refractivity contribution in [1.82, 2.24) is 0 Å². The smallest absolute Gasteiger partial charge is 0.872 e. The predicted molar refractivity (Wildman–Crippen MR) is 95.1 cm³/mol. The monoisotopic (exact) mass is 388 g/mol. The third-order valence-electron chi connectivity index (χ3n) is 3.97. The fraction of sp³-hybridized carbons (Fsp3) is 0.429. The van der Waals surface area contributed by atoms with Gasteiger partial charge in [0.25, 0.3) is 0 Å². The van der Waals surface area contributed by atoms with Gasteiger partial charge in [-0.2, -0.15) is 0 Å². The predicted octanol–water partition coefficient (Wildman–Crippen LogP) is -1.97. The van der Waals surface area contributed by atoms with E-state index in [1.54, 1.807) is 24.3 Å². The zero-order valence-electron chi connectivity index (χ0n) is 16.6. The SMILES string of the molecule is [Na+].[Na+].[O-]c1ccc(OCCCCCCCCCOc2ccc([O-])cc2)cc1. The van der Waals surface area contributed by atoms with Gasteiger partial charge in [0, 0.05) is 0 Å². The van der Waals surface area contributed by atoms with Crippen LogP contribution in [-0.4, -0.2) is 13.2 Å². The molecule has 0 aromatic heterocycles. The second kappa shape index (κ2) is 16.6. The molecule has 0 heterocycles. The summed E-state index contributed by atoms with van der Waals surface area (Å²) in [4.78, 5) is 0. The van der Waals surface area contributed by atoms with Gasteiger partial charge in [-0.25, -0.2) is 0 Å². The second-order valence-electron chi connectivity index (χ2n) is 6.11. The van der Waals surface area contributed by atoms with Crippen molar-refractivity contribution in [3.05, 3.63) is 48.5 Å². The molecule has 6 heteroatoms. The number of hydrogen-bond acceptors (Lipinski definition) is 4. The molecular formula is C21H26Na2O4. The second-order valence-corrected chi connectivity index (χ2v) is 6.11. The van der Waals surface area contributed by atoms with Crippen LogP contribution < -0.4 is 78.8 Å². The Bertz CT molecular complexity index is 535. The Kier molecular flexibility index (Phi) is 16.4. The first-order valence-electron chi connectivity index (χ1n) is 9.04. The Balaban J connectivity index is 0.00000338. The molecule has 0 aliphatic heterocycles. The van der Waals surface area contributed by atoms with Crippen molar-refractivity contribution in [3.63, 3.8) is 0 Å². The summed E-state index contributed by atoms with van der Waals surface area (Å²) in [5.74, 6) is 1.56. The Morgan fingerprint density at radius 3 is 1.11 bits per heavy atom. The van der Waals surface area contributed by atoms with Gasteiger partial charge < -0.3 is 19.7 Å². The molecule has 0 atom stereocenters. The van der Waals surface area contributed by atoms with Crippen LogP contribution in [0.25, 0.3) is 0 Å². The number of benzene rings is 2. The summed E-state index contributed by atoms with van der Waals surface area (Å²) in [5, 5.41) is 21.9. The molecule has 0 spiro atoms. The fourth-order valence-corrected chi connectivity index (χ4v) is 2.54. The summed E-state index contributed by atoms with van der Waals surface area (Å²) in [6.45, 7) is 1.41. The molecule has 0 amide bonds. The van der Waals surface area contributed by atoms with Crippen molar-refractivity contribution >= 4 is 0 Å². The van der Waals surface area contributed by atoms with E-state index >= 15 is 0 Å². The quantitative estimate of drug-likeness (QED) is 0.313. The van der Waals surface area contributed by atoms with Crippen molar-refractivity contribution in [1.29, 1.82) is 0 Å². The van der Waals surface area contributed by atoms with Crippen molar-refractivity contribution in [3.8, 4) is 23.0 Å². The molecule has 2 aromatic rings. The normalized spacial score (nSPS) is 9.78. The van der Waals surface area contributed by atoms with Gasteiger partial charge in [-0.05, 0) is 37.1 Å². The van der Waals surface area contributed by atoms with Crippen LogP contribution in [0.5, 0.6) is 23.0 Å². The summed E-state index contributed by atoms with van der Waals surface area (Å²) in [6, 6.07) is 13.0. The molecule has 0 aliphatic rings. The first-order chi connectivity index (χ1) is 12.2. The molecule has 27 heavy (non-hydrogen) atoms. The standard InChI is InChI=1S/C21H28O4.2Na/c22-18-8-12-20(13-9-18)24-16-6-4-2-1-3-5-7-17-25-21-14-10-19(23)11-15-21;;/h8-15,22-23H,1-7,16-17H2;;/q;2*+1/p-2. The van der Waals surface area contributed by atoms with E-state index in [4.69, 9.17) is 9.47 Å². The molecule has 136 valence electrons. The first kappa shape index (κ1) is 26.6. The van der Waals surface area contributed by atoms with Crippen LogP contribution in [-0.2, 0) is 0 Å². The van der Waals surface area contributed by atoms with E-state index in [2.05, 4.69) is 0 Å².